The van der Waals surface area contributed by atoms with Crippen LogP contribution in [0.25, 0.3) is 0 Å². The van der Waals surface area contributed by atoms with E-state index in [9.17, 15) is 0 Å². The van der Waals surface area contributed by atoms with E-state index >= 15 is 0 Å². The lowest BCUT2D eigenvalue weighted by molar-refractivity contribution is 0.185. The molecule has 0 heterocycles. The number of hydrogen-bond donors (Lipinski definition) is 2. The molecule has 13 heavy (non-hydrogen) atoms. The van der Waals surface area contributed by atoms with Crippen LogP contribution in [0.3, 0.4) is 0 Å². The molecule has 0 fully saturated rings. The van der Waals surface area contributed by atoms with Gasteiger partial charge in [-0.25, -0.2) is 4.79 Å². The molecule has 0 aliphatic rings. The maximum atomic E-state index is 8.78. The summed E-state index contributed by atoms with van der Waals surface area (Å²) in [7, 11) is 0. The molecular formula is C9H22N2O2. The van der Waals surface area contributed by atoms with Crippen molar-refractivity contribution in [3.63, 3.8) is 0 Å². The van der Waals surface area contributed by atoms with Gasteiger partial charge in [0.05, 0.1) is 0 Å². The predicted octanol–water partition coefficient (Wildman–Crippen LogP) is 1.75. The highest BCUT2D eigenvalue weighted by Gasteiger charge is 2.08. The van der Waals surface area contributed by atoms with Crippen LogP contribution in [0.2, 0.25) is 0 Å². The van der Waals surface area contributed by atoms with E-state index in [0.29, 0.717) is 12.1 Å². The van der Waals surface area contributed by atoms with Crippen LogP contribution in [0.4, 0.5) is 4.79 Å². The lowest BCUT2D eigenvalue weighted by atomic mass is 10.2. The predicted molar refractivity (Wildman–Crippen MR) is 54.9 cm³/mol. The van der Waals surface area contributed by atoms with Gasteiger partial charge in [0.25, 0.3) is 0 Å². The first kappa shape index (κ1) is 14.7. The molecule has 80 valence electrons. The van der Waals surface area contributed by atoms with Crippen molar-refractivity contribution in [3.05, 3.63) is 0 Å². The number of carboxylic acid groups (broad SMARTS) is 1. The number of amides is 1. The van der Waals surface area contributed by atoms with Crippen LogP contribution >= 0.6 is 0 Å². The van der Waals surface area contributed by atoms with E-state index in [1.165, 1.54) is 0 Å². The molecule has 0 aromatic carbocycles. The number of carbonyl (C=O) groups is 1. The highest BCUT2D eigenvalue weighted by molar-refractivity contribution is 5.61. The highest BCUT2D eigenvalue weighted by Crippen LogP contribution is 2.02. The molecule has 0 aromatic rings. The molecule has 0 saturated heterocycles. The van der Waals surface area contributed by atoms with Crippen molar-refractivity contribution in [2.75, 3.05) is 6.54 Å². The first-order valence-electron chi connectivity index (χ1n) is 4.57. The van der Waals surface area contributed by atoms with E-state index in [4.69, 9.17) is 9.90 Å². The van der Waals surface area contributed by atoms with Crippen LogP contribution in [-0.4, -0.2) is 34.7 Å². The molecule has 1 amide bonds. The lowest BCUT2D eigenvalue weighted by Crippen LogP contribution is -2.36. The van der Waals surface area contributed by atoms with E-state index in [0.717, 1.165) is 6.54 Å². The van der Waals surface area contributed by atoms with Crippen LogP contribution in [-0.2, 0) is 0 Å². The van der Waals surface area contributed by atoms with Gasteiger partial charge in [-0.15, -0.1) is 0 Å². The first-order valence-corrected chi connectivity index (χ1v) is 4.57. The van der Waals surface area contributed by atoms with E-state index in [-0.39, 0.29) is 0 Å². The zero-order valence-electron chi connectivity index (χ0n) is 9.24. The third kappa shape index (κ3) is 11.2. The van der Waals surface area contributed by atoms with Gasteiger partial charge in [0, 0.05) is 12.1 Å². The summed E-state index contributed by atoms with van der Waals surface area (Å²) >= 11 is 0. The lowest BCUT2D eigenvalue weighted by Gasteiger charge is -2.28. The van der Waals surface area contributed by atoms with Crippen molar-refractivity contribution >= 4 is 6.09 Å². The Bertz CT molecular complexity index is 124. The Morgan fingerprint density at radius 1 is 1.31 bits per heavy atom. The molecule has 4 nitrogen and oxygen atoms in total. The summed E-state index contributed by atoms with van der Waals surface area (Å²) in [5.41, 5.74) is 4.03. The second kappa shape index (κ2) is 7.86. The molecular weight excluding hydrogens is 168 g/mol. The minimum absolute atomic E-state index is 0.690. The molecule has 0 unspecified atom stereocenters. The second-order valence-electron chi connectivity index (χ2n) is 3.36. The molecule has 4 heteroatoms. The third-order valence-corrected chi connectivity index (χ3v) is 1.69. The second-order valence-corrected chi connectivity index (χ2v) is 3.36. The van der Waals surface area contributed by atoms with Crippen LogP contribution in [0.1, 0.15) is 34.6 Å². The van der Waals surface area contributed by atoms with Crippen LogP contribution in [0.15, 0.2) is 0 Å². The molecule has 0 aliphatic carbocycles. The van der Waals surface area contributed by atoms with Crippen molar-refractivity contribution in [3.8, 4) is 0 Å². The highest BCUT2D eigenvalue weighted by atomic mass is 16.4. The number of nitrogens with zero attached hydrogens (tertiary/aromatic N) is 1. The quantitative estimate of drug-likeness (QED) is 0.712. The molecule has 0 radical (unpaired) electrons. The minimum atomic E-state index is -1.33. The maximum absolute atomic E-state index is 8.78. The van der Waals surface area contributed by atoms with Gasteiger partial charge >= 0.3 is 6.09 Å². The van der Waals surface area contributed by atoms with Crippen molar-refractivity contribution in [2.24, 2.45) is 5.73 Å². The van der Waals surface area contributed by atoms with E-state index in [2.05, 4.69) is 45.3 Å². The molecule has 0 atom stereocenters. The Balaban J connectivity index is 0. The molecule has 0 bridgehead atoms. The molecule has 0 rings (SSSR count). The Labute approximate surface area is 80.7 Å². The normalized spacial score (nSPS) is 10.2. The van der Waals surface area contributed by atoms with Gasteiger partial charge in [-0.3, -0.25) is 4.90 Å². The monoisotopic (exact) mass is 190 g/mol. The van der Waals surface area contributed by atoms with Gasteiger partial charge in [0.15, 0.2) is 0 Å². The van der Waals surface area contributed by atoms with E-state index < -0.39 is 6.09 Å². The Hall–Kier alpha value is -0.770. The Morgan fingerprint density at radius 3 is 1.54 bits per heavy atom. The minimum Gasteiger partial charge on any atom is -0.465 e. The van der Waals surface area contributed by atoms with Gasteiger partial charge < -0.3 is 10.8 Å². The van der Waals surface area contributed by atoms with Gasteiger partial charge in [0.1, 0.15) is 0 Å². The summed E-state index contributed by atoms with van der Waals surface area (Å²) in [4.78, 5) is 11.2. The fourth-order valence-corrected chi connectivity index (χ4v) is 1.33. The van der Waals surface area contributed by atoms with Crippen LogP contribution in [0, 0.1) is 0 Å². The average Bonchev–Trinajstić information content (AvgIpc) is 1.84. The molecule has 0 spiro atoms. The average molecular weight is 190 g/mol. The Kier molecular flexibility index (Phi) is 8.91. The zero-order chi connectivity index (χ0) is 11.0. The van der Waals surface area contributed by atoms with Gasteiger partial charge in [-0.1, -0.05) is 6.92 Å². The molecule has 0 saturated carbocycles. The van der Waals surface area contributed by atoms with Crippen LogP contribution in [0.5, 0.6) is 0 Å². The van der Waals surface area contributed by atoms with E-state index in [1.54, 1.807) is 0 Å². The summed E-state index contributed by atoms with van der Waals surface area (Å²) in [6, 6.07) is 1.38. The fourth-order valence-electron chi connectivity index (χ4n) is 1.33. The van der Waals surface area contributed by atoms with Crippen molar-refractivity contribution in [2.45, 2.75) is 46.7 Å². The number of rotatable bonds is 3. The summed E-state index contributed by atoms with van der Waals surface area (Å²) < 4.78 is 0. The topological polar surface area (TPSA) is 66.6 Å². The number of nitrogens with two attached hydrogens (primary N) is 1. The van der Waals surface area contributed by atoms with Crippen molar-refractivity contribution in [1.29, 1.82) is 0 Å². The summed E-state index contributed by atoms with van der Waals surface area (Å²) in [5.74, 6) is 0. The molecule has 0 aliphatic heterocycles. The van der Waals surface area contributed by atoms with Gasteiger partial charge in [0.2, 0.25) is 0 Å². The van der Waals surface area contributed by atoms with Gasteiger partial charge in [-0.2, -0.15) is 0 Å². The van der Waals surface area contributed by atoms with Crippen molar-refractivity contribution in [1.82, 2.24) is 4.90 Å². The first-order chi connectivity index (χ1) is 5.82. The third-order valence-electron chi connectivity index (χ3n) is 1.69. The molecule has 3 N–H and O–H groups in total. The SMILES string of the molecule is CCN(C(C)C)C(C)C.NC(=O)O. The summed E-state index contributed by atoms with van der Waals surface area (Å²) in [6.45, 7) is 12.3. The standard InChI is InChI=1S/C8H19N.CH3NO2/c1-6-9(7(2)3)8(4)5;2-1(3)4/h7-8H,6H2,1-5H3;2H2,(H,3,4). The zero-order valence-corrected chi connectivity index (χ0v) is 9.24. The number of primary amides is 1. The van der Waals surface area contributed by atoms with E-state index in [1.807, 2.05) is 0 Å². The number of hydrogen-bond acceptors (Lipinski definition) is 2. The summed E-state index contributed by atoms with van der Waals surface area (Å²) in [6.07, 6.45) is -1.33. The van der Waals surface area contributed by atoms with Crippen LogP contribution < -0.4 is 5.73 Å². The fraction of sp³-hybridized carbons (Fsp3) is 0.889. The summed E-state index contributed by atoms with van der Waals surface area (Å²) in [5, 5.41) is 7.19. The van der Waals surface area contributed by atoms with Gasteiger partial charge in [-0.05, 0) is 34.2 Å². The Morgan fingerprint density at radius 2 is 1.54 bits per heavy atom. The largest absolute Gasteiger partial charge is 0.465 e. The smallest absolute Gasteiger partial charge is 0.402 e. The molecule has 0 aromatic heterocycles. The van der Waals surface area contributed by atoms with Crippen molar-refractivity contribution < 1.29 is 9.90 Å². The maximum Gasteiger partial charge on any atom is 0.402 e.